The standard InChI is InChI=1S/C11H13NO4S/c1-6-2-3-9(17-6)10(14)12-5-7(13)4-8(12)11(15)16/h2-3,7-8,13H,4-5H2,1H3,(H,15,16)/t7-,8+/m1/s1. The van der Waals surface area contributed by atoms with Crippen molar-refractivity contribution in [1.29, 1.82) is 0 Å². The van der Waals surface area contributed by atoms with Gasteiger partial charge in [-0.2, -0.15) is 0 Å². The normalized spacial score (nSPS) is 24.0. The highest BCUT2D eigenvalue weighted by molar-refractivity contribution is 7.13. The average molecular weight is 255 g/mol. The zero-order chi connectivity index (χ0) is 12.6. The monoisotopic (exact) mass is 255 g/mol. The molecule has 0 radical (unpaired) electrons. The summed E-state index contributed by atoms with van der Waals surface area (Å²) in [5.41, 5.74) is 0. The van der Waals surface area contributed by atoms with Gasteiger partial charge in [0.15, 0.2) is 0 Å². The van der Waals surface area contributed by atoms with Crippen LogP contribution in [0.5, 0.6) is 0 Å². The van der Waals surface area contributed by atoms with Gasteiger partial charge in [0.1, 0.15) is 6.04 Å². The lowest BCUT2D eigenvalue weighted by atomic mass is 10.2. The molecule has 92 valence electrons. The van der Waals surface area contributed by atoms with Crippen molar-refractivity contribution < 1.29 is 19.8 Å². The van der Waals surface area contributed by atoms with Crippen molar-refractivity contribution in [2.45, 2.75) is 25.5 Å². The quantitative estimate of drug-likeness (QED) is 0.816. The third kappa shape index (κ3) is 2.32. The molecule has 6 heteroatoms. The second-order valence-corrected chi connectivity index (χ2v) is 5.40. The van der Waals surface area contributed by atoms with Crippen LogP contribution in [0, 0.1) is 6.92 Å². The minimum atomic E-state index is -1.07. The summed E-state index contributed by atoms with van der Waals surface area (Å²) in [5.74, 6) is -1.38. The number of carboxylic acid groups (broad SMARTS) is 1. The maximum atomic E-state index is 12.1. The molecule has 17 heavy (non-hydrogen) atoms. The maximum Gasteiger partial charge on any atom is 0.326 e. The number of carboxylic acids is 1. The molecular formula is C11H13NO4S. The molecular weight excluding hydrogens is 242 g/mol. The molecule has 1 aromatic heterocycles. The van der Waals surface area contributed by atoms with Crippen LogP contribution >= 0.6 is 11.3 Å². The number of hydrogen-bond donors (Lipinski definition) is 2. The van der Waals surface area contributed by atoms with E-state index in [0.29, 0.717) is 4.88 Å². The van der Waals surface area contributed by atoms with Crippen molar-refractivity contribution in [2.75, 3.05) is 6.54 Å². The summed E-state index contributed by atoms with van der Waals surface area (Å²) in [6.07, 6.45) is -0.646. The fourth-order valence-electron chi connectivity index (χ4n) is 1.96. The molecule has 2 rings (SSSR count). The summed E-state index contributed by atoms with van der Waals surface area (Å²) in [4.78, 5) is 25.8. The molecule has 0 aromatic carbocycles. The number of amides is 1. The van der Waals surface area contributed by atoms with Gasteiger partial charge in [-0.3, -0.25) is 4.79 Å². The SMILES string of the molecule is Cc1ccc(C(=O)N2C[C@H](O)C[C@H]2C(=O)O)s1. The Morgan fingerprint density at radius 1 is 1.47 bits per heavy atom. The minimum Gasteiger partial charge on any atom is -0.480 e. The van der Waals surface area contributed by atoms with E-state index in [1.54, 1.807) is 6.07 Å². The Balaban J connectivity index is 2.21. The van der Waals surface area contributed by atoms with Crippen molar-refractivity contribution in [3.05, 3.63) is 21.9 Å². The van der Waals surface area contributed by atoms with Crippen LogP contribution in [0.25, 0.3) is 0 Å². The number of carbonyl (C=O) groups excluding carboxylic acids is 1. The molecule has 5 nitrogen and oxygen atoms in total. The number of hydrogen-bond acceptors (Lipinski definition) is 4. The van der Waals surface area contributed by atoms with Gasteiger partial charge in [-0.1, -0.05) is 0 Å². The third-order valence-electron chi connectivity index (χ3n) is 2.78. The molecule has 1 aromatic rings. The molecule has 0 saturated carbocycles. The first kappa shape index (κ1) is 12.1. The Hall–Kier alpha value is -1.40. The zero-order valence-electron chi connectivity index (χ0n) is 9.29. The van der Waals surface area contributed by atoms with E-state index in [1.165, 1.54) is 16.2 Å². The van der Waals surface area contributed by atoms with Gasteiger partial charge in [0.25, 0.3) is 5.91 Å². The average Bonchev–Trinajstić information content (AvgIpc) is 2.83. The summed E-state index contributed by atoms with van der Waals surface area (Å²) >= 11 is 1.33. The van der Waals surface area contributed by atoms with Crippen molar-refractivity contribution in [1.82, 2.24) is 4.90 Å². The van der Waals surface area contributed by atoms with Crippen LogP contribution in [-0.4, -0.2) is 45.7 Å². The first-order valence-corrected chi connectivity index (χ1v) is 6.09. The number of rotatable bonds is 2. The summed E-state index contributed by atoms with van der Waals surface area (Å²) in [6, 6.07) is 2.59. The molecule has 0 aliphatic carbocycles. The van der Waals surface area contributed by atoms with Gasteiger partial charge >= 0.3 is 5.97 Å². The van der Waals surface area contributed by atoms with Crippen molar-refractivity contribution in [3.8, 4) is 0 Å². The van der Waals surface area contributed by atoms with E-state index in [1.807, 2.05) is 13.0 Å². The zero-order valence-corrected chi connectivity index (χ0v) is 10.1. The van der Waals surface area contributed by atoms with Gasteiger partial charge in [0.05, 0.1) is 11.0 Å². The predicted octanol–water partition coefficient (Wildman–Crippen LogP) is 0.717. The first-order valence-electron chi connectivity index (χ1n) is 5.27. The fourth-order valence-corrected chi connectivity index (χ4v) is 2.79. The van der Waals surface area contributed by atoms with Crippen LogP contribution in [0.1, 0.15) is 21.0 Å². The Bertz CT molecular complexity index is 456. The van der Waals surface area contributed by atoms with Crippen molar-refractivity contribution >= 4 is 23.2 Å². The predicted molar refractivity (Wildman–Crippen MR) is 62.1 cm³/mol. The molecule has 2 N–H and O–H groups in total. The lowest BCUT2D eigenvalue weighted by Crippen LogP contribution is -2.40. The van der Waals surface area contributed by atoms with Gasteiger partial charge in [0, 0.05) is 17.8 Å². The topological polar surface area (TPSA) is 77.8 Å². The number of aliphatic hydroxyl groups excluding tert-OH is 1. The highest BCUT2D eigenvalue weighted by Crippen LogP contribution is 2.24. The lowest BCUT2D eigenvalue weighted by molar-refractivity contribution is -0.141. The van der Waals surface area contributed by atoms with Crippen LogP contribution in [0.2, 0.25) is 0 Å². The highest BCUT2D eigenvalue weighted by atomic mass is 32.1. The second-order valence-electron chi connectivity index (χ2n) is 4.11. The number of β-amino-alcohol motifs (C(OH)–C–C–N with tert-alkyl or cyclic N) is 1. The van der Waals surface area contributed by atoms with Crippen molar-refractivity contribution in [3.63, 3.8) is 0 Å². The number of nitrogens with zero attached hydrogens (tertiary/aromatic N) is 1. The Kier molecular flexibility index (Phi) is 3.17. The lowest BCUT2D eigenvalue weighted by Gasteiger charge is -2.20. The van der Waals surface area contributed by atoms with Gasteiger partial charge in [-0.15, -0.1) is 11.3 Å². The molecule has 1 amide bonds. The van der Waals surface area contributed by atoms with E-state index < -0.39 is 18.1 Å². The highest BCUT2D eigenvalue weighted by Gasteiger charge is 2.39. The van der Waals surface area contributed by atoms with Crippen LogP contribution in [0.15, 0.2) is 12.1 Å². The van der Waals surface area contributed by atoms with Crippen LogP contribution < -0.4 is 0 Å². The Morgan fingerprint density at radius 3 is 2.71 bits per heavy atom. The first-order chi connectivity index (χ1) is 7.99. The second kappa shape index (κ2) is 4.46. The van der Waals surface area contributed by atoms with Gasteiger partial charge in [0.2, 0.25) is 0 Å². The van der Waals surface area contributed by atoms with E-state index in [4.69, 9.17) is 5.11 Å². The number of carbonyl (C=O) groups is 2. The van der Waals surface area contributed by atoms with E-state index in [0.717, 1.165) is 4.88 Å². The summed E-state index contributed by atoms with van der Waals surface area (Å²) in [5, 5.41) is 18.5. The van der Waals surface area contributed by atoms with Crippen LogP contribution in [0.3, 0.4) is 0 Å². The molecule has 1 fully saturated rings. The van der Waals surface area contributed by atoms with Crippen LogP contribution in [-0.2, 0) is 4.79 Å². The van der Waals surface area contributed by atoms with E-state index in [9.17, 15) is 14.7 Å². The van der Waals surface area contributed by atoms with Crippen molar-refractivity contribution in [2.24, 2.45) is 0 Å². The van der Waals surface area contributed by atoms with E-state index >= 15 is 0 Å². The molecule has 1 aliphatic rings. The number of likely N-dealkylation sites (tertiary alicyclic amines) is 1. The van der Waals surface area contributed by atoms with Crippen LogP contribution in [0.4, 0.5) is 0 Å². The maximum absolute atomic E-state index is 12.1. The molecule has 1 aliphatic heterocycles. The summed E-state index contributed by atoms with van der Waals surface area (Å²) in [6.45, 7) is 1.97. The van der Waals surface area contributed by atoms with Gasteiger partial charge in [-0.05, 0) is 19.1 Å². The molecule has 2 atom stereocenters. The summed E-state index contributed by atoms with van der Waals surface area (Å²) in [7, 11) is 0. The number of aliphatic carboxylic acids is 1. The summed E-state index contributed by atoms with van der Waals surface area (Å²) < 4.78 is 0. The Morgan fingerprint density at radius 2 is 2.18 bits per heavy atom. The Labute approximate surface area is 102 Å². The van der Waals surface area contributed by atoms with Gasteiger partial charge < -0.3 is 15.1 Å². The minimum absolute atomic E-state index is 0.0900. The number of thiophene rings is 1. The van der Waals surface area contributed by atoms with E-state index in [-0.39, 0.29) is 18.9 Å². The molecule has 0 bridgehead atoms. The molecule has 1 saturated heterocycles. The smallest absolute Gasteiger partial charge is 0.326 e. The van der Waals surface area contributed by atoms with E-state index in [2.05, 4.69) is 0 Å². The fraction of sp³-hybridized carbons (Fsp3) is 0.455. The molecule has 2 heterocycles. The number of aliphatic hydroxyl groups is 1. The third-order valence-corrected chi connectivity index (χ3v) is 3.76. The largest absolute Gasteiger partial charge is 0.480 e. The number of aryl methyl sites for hydroxylation is 1. The molecule has 0 spiro atoms. The van der Waals surface area contributed by atoms with Gasteiger partial charge in [-0.25, -0.2) is 4.79 Å². The molecule has 0 unspecified atom stereocenters.